The van der Waals surface area contributed by atoms with Gasteiger partial charge >= 0.3 is 35.8 Å². The molecule has 7 unspecified atom stereocenters. The predicted octanol–water partition coefficient (Wildman–Crippen LogP) is 2.29. The summed E-state index contributed by atoms with van der Waals surface area (Å²) >= 11 is 0. The lowest BCUT2D eigenvalue weighted by Crippen LogP contribution is -2.66. The van der Waals surface area contributed by atoms with Gasteiger partial charge in [-0.05, 0) is 18.4 Å². The van der Waals surface area contributed by atoms with Crippen molar-refractivity contribution in [2.45, 2.75) is 143 Å². The van der Waals surface area contributed by atoms with Gasteiger partial charge in [-0.25, -0.2) is 0 Å². The van der Waals surface area contributed by atoms with Crippen molar-refractivity contribution in [3.05, 3.63) is 12.2 Å². The molecule has 3 aliphatic rings. The molecule has 1 aliphatic carbocycles. The SMILES string of the molecule is C=C1C(OCC(C)C)C(OC(C)=O)C(OC(C)=O)C(C)(C)C2O[C@](O)(C(C)C2=O)[C@@]2(OC(C)=O)C[C@@](C)(OC(C)=O)[C@H](OC(C)=O)C2C1OC(C)=O. The fourth-order valence-electron chi connectivity index (χ4n) is 7.98. The second-order valence-corrected chi connectivity index (χ2v) is 15.1. The highest BCUT2D eigenvalue weighted by Gasteiger charge is 2.80. The van der Waals surface area contributed by atoms with Crippen molar-refractivity contribution in [2.24, 2.45) is 23.2 Å². The zero-order valence-corrected chi connectivity index (χ0v) is 31.9. The summed E-state index contributed by atoms with van der Waals surface area (Å²) in [6.07, 6.45) is -10.5. The first kappa shape index (κ1) is 42.5. The van der Waals surface area contributed by atoms with Gasteiger partial charge in [0.1, 0.15) is 24.4 Å². The van der Waals surface area contributed by atoms with Crippen LogP contribution in [-0.4, -0.2) is 107 Å². The standard InChI is InChI=1S/C36H52O16/c1-16(2)14-45-28-17(3)27(46-19(5)37)25-30(48-21(7)39)34(13,50-23(9)41)15-35(25,51-24(10)42)36(44)18(4)26(43)31(52-36)33(11,12)32(49-22(8)40)29(28)47-20(6)38/h16,18,25,27-32,44H,3,14-15H2,1-2,4-13H3/t18?,25?,27?,28?,29?,30-,31?,32?,34-,35-,36-/m1/s1. The van der Waals surface area contributed by atoms with Gasteiger partial charge in [0.15, 0.2) is 29.2 Å². The maximum absolute atomic E-state index is 14.4. The summed E-state index contributed by atoms with van der Waals surface area (Å²) < 4.78 is 48.0. The van der Waals surface area contributed by atoms with Crippen LogP contribution in [0.5, 0.6) is 0 Å². The molecule has 1 N–H and O–H groups in total. The average Bonchev–Trinajstić information content (AvgIpc) is 3.35. The second-order valence-electron chi connectivity index (χ2n) is 15.1. The summed E-state index contributed by atoms with van der Waals surface area (Å²) in [4.78, 5) is 91.8. The highest BCUT2D eigenvalue weighted by molar-refractivity contribution is 5.89. The van der Waals surface area contributed by atoms with Crippen LogP contribution in [0.15, 0.2) is 12.2 Å². The Morgan fingerprint density at radius 1 is 0.788 bits per heavy atom. The normalized spacial score (nSPS) is 36.9. The highest BCUT2D eigenvalue weighted by Crippen LogP contribution is 2.61. The van der Waals surface area contributed by atoms with Crippen LogP contribution < -0.4 is 0 Å². The summed E-state index contributed by atoms with van der Waals surface area (Å²) in [5.41, 5.74) is -6.31. The predicted molar refractivity (Wildman–Crippen MR) is 176 cm³/mol. The van der Waals surface area contributed by atoms with Gasteiger partial charge in [-0.3, -0.25) is 33.6 Å². The van der Waals surface area contributed by atoms with Gasteiger partial charge in [0.25, 0.3) is 0 Å². The Kier molecular flexibility index (Phi) is 12.4. The number of hydrogen-bond donors (Lipinski definition) is 1. The molecule has 3 fully saturated rings. The van der Waals surface area contributed by atoms with Crippen molar-refractivity contribution in [1.82, 2.24) is 0 Å². The molecule has 2 aliphatic heterocycles. The number of rotatable bonds is 9. The first-order valence-electron chi connectivity index (χ1n) is 17.1. The van der Waals surface area contributed by atoms with E-state index in [-0.39, 0.29) is 18.1 Å². The molecular formula is C36H52O16. The Hall–Kier alpha value is -3.89. The summed E-state index contributed by atoms with van der Waals surface area (Å²) in [5, 5.41) is 13.0. The Morgan fingerprint density at radius 2 is 1.29 bits per heavy atom. The number of Topliss-reactive ketones (excluding diaryl/α,β-unsaturated/α-hetero) is 1. The fraction of sp³-hybridized carbons (Fsp3) is 0.750. The third-order valence-corrected chi connectivity index (χ3v) is 9.81. The molecule has 0 spiro atoms. The molecule has 1 saturated carbocycles. The van der Waals surface area contributed by atoms with Crippen LogP contribution >= 0.6 is 0 Å². The van der Waals surface area contributed by atoms with E-state index in [9.17, 15) is 38.7 Å². The van der Waals surface area contributed by atoms with Crippen LogP contribution in [0.2, 0.25) is 0 Å². The lowest BCUT2D eigenvalue weighted by atomic mass is 9.68. The molecule has 0 aromatic heterocycles. The summed E-state index contributed by atoms with van der Waals surface area (Å²) in [6, 6.07) is 0. The minimum atomic E-state index is -2.84. The van der Waals surface area contributed by atoms with Crippen molar-refractivity contribution >= 4 is 41.6 Å². The summed E-state index contributed by atoms with van der Waals surface area (Å²) in [7, 11) is 0. The van der Waals surface area contributed by atoms with E-state index in [1.807, 2.05) is 13.8 Å². The smallest absolute Gasteiger partial charge is 0.303 e. The molecule has 11 atom stereocenters. The molecule has 0 amide bonds. The van der Waals surface area contributed by atoms with Gasteiger partial charge in [0, 0.05) is 60.0 Å². The molecule has 2 saturated heterocycles. The van der Waals surface area contributed by atoms with Crippen molar-refractivity contribution in [3.63, 3.8) is 0 Å². The minimum Gasteiger partial charge on any atom is -0.458 e. The number of aliphatic hydroxyl groups is 1. The largest absolute Gasteiger partial charge is 0.458 e. The van der Waals surface area contributed by atoms with Crippen molar-refractivity contribution < 1.29 is 76.6 Å². The first-order chi connectivity index (χ1) is 23.7. The van der Waals surface area contributed by atoms with Crippen molar-refractivity contribution in [2.75, 3.05) is 6.61 Å². The van der Waals surface area contributed by atoms with Gasteiger partial charge in [-0.15, -0.1) is 0 Å². The molecule has 16 nitrogen and oxygen atoms in total. The Balaban J connectivity index is 2.66. The Bertz CT molecular complexity index is 1480. The third-order valence-electron chi connectivity index (χ3n) is 9.81. The van der Waals surface area contributed by atoms with E-state index in [0.717, 1.165) is 41.5 Å². The number of ether oxygens (including phenoxy) is 8. The minimum absolute atomic E-state index is 0.0282. The maximum Gasteiger partial charge on any atom is 0.303 e. The topological polar surface area (TPSA) is 214 Å². The molecule has 16 heteroatoms. The molecule has 2 heterocycles. The van der Waals surface area contributed by atoms with Gasteiger partial charge in [-0.2, -0.15) is 0 Å². The zero-order valence-electron chi connectivity index (χ0n) is 31.9. The molecule has 0 aromatic carbocycles. The van der Waals surface area contributed by atoms with Crippen molar-refractivity contribution in [1.29, 1.82) is 0 Å². The van der Waals surface area contributed by atoms with Crippen LogP contribution in [-0.2, 0) is 71.5 Å². The Morgan fingerprint density at radius 3 is 1.75 bits per heavy atom. The van der Waals surface area contributed by atoms with Crippen LogP contribution in [0.25, 0.3) is 0 Å². The molecule has 52 heavy (non-hydrogen) atoms. The second kappa shape index (κ2) is 15.2. The number of carbonyl (C=O) groups is 7. The third kappa shape index (κ3) is 7.88. The Labute approximate surface area is 303 Å². The monoisotopic (exact) mass is 740 g/mol. The lowest BCUT2D eigenvalue weighted by molar-refractivity contribution is -0.334. The maximum atomic E-state index is 14.4. The molecule has 292 valence electrons. The quantitative estimate of drug-likeness (QED) is 0.204. The van der Waals surface area contributed by atoms with E-state index in [4.69, 9.17) is 37.9 Å². The van der Waals surface area contributed by atoms with Crippen LogP contribution in [0, 0.1) is 23.2 Å². The van der Waals surface area contributed by atoms with Gasteiger partial charge in [0.2, 0.25) is 5.79 Å². The average molecular weight is 741 g/mol. The van der Waals surface area contributed by atoms with Gasteiger partial charge in [0.05, 0.1) is 11.8 Å². The molecule has 0 aromatic rings. The van der Waals surface area contributed by atoms with E-state index in [1.165, 1.54) is 27.7 Å². The van der Waals surface area contributed by atoms with E-state index >= 15 is 0 Å². The van der Waals surface area contributed by atoms with Gasteiger partial charge in [-0.1, -0.05) is 41.2 Å². The molecule has 3 rings (SSSR count). The fourth-order valence-corrected chi connectivity index (χ4v) is 7.98. The number of ketones is 1. The van der Waals surface area contributed by atoms with Crippen molar-refractivity contribution in [3.8, 4) is 0 Å². The molecule has 2 bridgehead atoms. The number of carbonyl (C=O) groups excluding carboxylic acids is 7. The van der Waals surface area contributed by atoms with Crippen LogP contribution in [0.1, 0.15) is 89.5 Å². The first-order valence-corrected chi connectivity index (χ1v) is 17.1. The highest BCUT2D eigenvalue weighted by atomic mass is 16.7. The van der Waals surface area contributed by atoms with E-state index in [2.05, 4.69) is 6.58 Å². The number of hydrogen-bond acceptors (Lipinski definition) is 16. The zero-order chi connectivity index (χ0) is 39.9. The number of fused-ring (bicyclic) bond motifs is 4. The number of esters is 6. The van der Waals surface area contributed by atoms with E-state index in [0.29, 0.717) is 0 Å². The van der Waals surface area contributed by atoms with Gasteiger partial charge < -0.3 is 43.0 Å². The summed E-state index contributed by atoms with van der Waals surface area (Å²) in [6.45, 7) is 19.9. The molecular weight excluding hydrogens is 688 g/mol. The van der Waals surface area contributed by atoms with E-state index < -0.39 is 119 Å². The van der Waals surface area contributed by atoms with Crippen LogP contribution in [0.4, 0.5) is 0 Å². The van der Waals surface area contributed by atoms with Crippen LogP contribution in [0.3, 0.4) is 0 Å². The molecule has 0 radical (unpaired) electrons. The summed E-state index contributed by atoms with van der Waals surface area (Å²) in [5.74, 6) is -12.5. The lowest BCUT2D eigenvalue weighted by Gasteiger charge is -2.48. The van der Waals surface area contributed by atoms with E-state index in [1.54, 1.807) is 0 Å².